The minimum absolute atomic E-state index is 0.0396. The Balaban J connectivity index is 1.31. The molecule has 0 unspecified atom stereocenters. The summed E-state index contributed by atoms with van der Waals surface area (Å²) in [5.41, 5.74) is 1.21. The highest BCUT2D eigenvalue weighted by Gasteiger charge is 2.19. The molecule has 3 rings (SSSR count). The number of urea groups is 1. The quantitative estimate of drug-likeness (QED) is 0.721. The van der Waals surface area contributed by atoms with Crippen molar-refractivity contribution in [1.29, 1.82) is 0 Å². The summed E-state index contributed by atoms with van der Waals surface area (Å²) >= 11 is 6.04. The van der Waals surface area contributed by atoms with Crippen molar-refractivity contribution in [2.24, 2.45) is 0 Å². The number of carbonyl (C=O) groups excluding carboxylic acids is 1. The fourth-order valence-electron chi connectivity index (χ4n) is 3.03. The van der Waals surface area contributed by atoms with Gasteiger partial charge < -0.3 is 15.0 Å². The molecule has 1 N–H and O–H groups in total. The number of halogens is 1. The van der Waals surface area contributed by atoms with E-state index in [0.717, 1.165) is 32.7 Å². The molecular formula is C22H26ClN3O2. The van der Waals surface area contributed by atoms with Crippen molar-refractivity contribution in [3.05, 3.63) is 71.3 Å². The van der Waals surface area contributed by atoms with Crippen LogP contribution in [0.2, 0.25) is 5.02 Å². The number of para-hydroxylation sites is 1. The zero-order valence-corrected chi connectivity index (χ0v) is 16.6. The molecule has 1 heterocycles. The Morgan fingerprint density at radius 1 is 1.04 bits per heavy atom. The van der Waals surface area contributed by atoms with E-state index in [2.05, 4.69) is 34.5 Å². The van der Waals surface area contributed by atoms with Gasteiger partial charge in [0.2, 0.25) is 0 Å². The van der Waals surface area contributed by atoms with Gasteiger partial charge in [-0.15, -0.1) is 0 Å². The molecule has 0 saturated carbocycles. The molecule has 6 heteroatoms. The molecule has 1 aliphatic rings. The summed E-state index contributed by atoms with van der Waals surface area (Å²) in [6.45, 7) is 4.96. The molecule has 0 aromatic heterocycles. The summed E-state index contributed by atoms with van der Waals surface area (Å²) in [6, 6.07) is 17.6. The first-order valence-corrected chi connectivity index (χ1v) is 9.94. The molecule has 2 amide bonds. The maximum atomic E-state index is 12.3. The number of rotatable bonds is 7. The summed E-state index contributed by atoms with van der Waals surface area (Å²) in [4.78, 5) is 16.5. The highest BCUT2D eigenvalue weighted by atomic mass is 35.5. The lowest BCUT2D eigenvalue weighted by atomic mass is 10.2. The minimum Gasteiger partial charge on any atom is -0.490 e. The van der Waals surface area contributed by atoms with E-state index in [1.165, 1.54) is 5.56 Å². The summed E-state index contributed by atoms with van der Waals surface area (Å²) in [7, 11) is 0. The maximum Gasteiger partial charge on any atom is 0.317 e. The Bertz CT molecular complexity index is 774. The van der Waals surface area contributed by atoms with Crippen LogP contribution in [0.1, 0.15) is 5.56 Å². The van der Waals surface area contributed by atoms with Crippen LogP contribution in [0.4, 0.5) is 4.79 Å². The van der Waals surface area contributed by atoms with Crippen molar-refractivity contribution in [3.63, 3.8) is 0 Å². The predicted molar refractivity (Wildman–Crippen MR) is 114 cm³/mol. The van der Waals surface area contributed by atoms with Crippen molar-refractivity contribution in [2.45, 2.75) is 0 Å². The van der Waals surface area contributed by atoms with E-state index in [1.807, 2.05) is 41.3 Å². The van der Waals surface area contributed by atoms with E-state index in [-0.39, 0.29) is 6.03 Å². The van der Waals surface area contributed by atoms with E-state index in [4.69, 9.17) is 16.3 Å². The minimum atomic E-state index is -0.0396. The zero-order chi connectivity index (χ0) is 19.6. The Morgan fingerprint density at radius 3 is 2.50 bits per heavy atom. The van der Waals surface area contributed by atoms with Crippen LogP contribution in [0.5, 0.6) is 5.75 Å². The molecule has 0 aliphatic carbocycles. The van der Waals surface area contributed by atoms with Crippen LogP contribution in [0, 0.1) is 0 Å². The Labute approximate surface area is 171 Å². The average Bonchev–Trinajstić information content (AvgIpc) is 2.73. The summed E-state index contributed by atoms with van der Waals surface area (Å²) < 4.78 is 5.59. The van der Waals surface area contributed by atoms with Crippen molar-refractivity contribution < 1.29 is 9.53 Å². The van der Waals surface area contributed by atoms with E-state index < -0.39 is 0 Å². The number of amides is 2. The fourth-order valence-corrected chi connectivity index (χ4v) is 3.22. The molecule has 0 atom stereocenters. The van der Waals surface area contributed by atoms with E-state index in [0.29, 0.717) is 23.9 Å². The summed E-state index contributed by atoms with van der Waals surface area (Å²) in [5, 5.41) is 3.48. The van der Waals surface area contributed by atoms with Gasteiger partial charge in [-0.25, -0.2) is 4.79 Å². The second-order valence-electron chi connectivity index (χ2n) is 6.61. The van der Waals surface area contributed by atoms with Crippen LogP contribution >= 0.6 is 11.6 Å². The van der Waals surface area contributed by atoms with Gasteiger partial charge in [0.15, 0.2) is 0 Å². The average molecular weight is 400 g/mol. The van der Waals surface area contributed by atoms with Gasteiger partial charge in [-0.3, -0.25) is 4.90 Å². The van der Waals surface area contributed by atoms with E-state index in [9.17, 15) is 4.79 Å². The summed E-state index contributed by atoms with van der Waals surface area (Å²) in [6.07, 6.45) is 4.31. The number of hydrogen-bond acceptors (Lipinski definition) is 3. The topological polar surface area (TPSA) is 44.8 Å². The number of carbonyl (C=O) groups is 1. The number of hydrogen-bond donors (Lipinski definition) is 1. The number of piperazine rings is 1. The first-order valence-electron chi connectivity index (χ1n) is 9.56. The summed E-state index contributed by atoms with van der Waals surface area (Å²) in [5.74, 6) is 0.635. The zero-order valence-electron chi connectivity index (χ0n) is 15.9. The first kappa shape index (κ1) is 20.2. The molecule has 2 aromatic rings. The van der Waals surface area contributed by atoms with Gasteiger partial charge in [-0.2, -0.15) is 0 Å². The molecule has 148 valence electrons. The van der Waals surface area contributed by atoms with Gasteiger partial charge in [-0.05, 0) is 17.7 Å². The largest absolute Gasteiger partial charge is 0.490 e. The molecule has 1 aliphatic heterocycles. The first-order chi connectivity index (χ1) is 13.7. The third kappa shape index (κ3) is 6.29. The molecule has 2 aromatic carbocycles. The van der Waals surface area contributed by atoms with Crippen LogP contribution in [-0.4, -0.2) is 61.7 Å². The van der Waals surface area contributed by atoms with Crippen molar-refractivity contribution in [3.8, 4) is 5.75 Å². The predicted octanol–water partition coefficient (Wildman–Crippen LogP) is 3.76. The molecule has 5 nitrogen and oxygen atoms in total. The van der Waals surface area contributed by atoms with E-state index in [1.54, 1.807) is 6.07 Å². The Kier molecular flexibility index (Phi) is 7.76. The smallest absolute Gasteiger partial charge is 0.317 e. The van der Waals surface area contributed by atoms with Gasteiger partial charge in [-0.1, -0.05) is 66.2 Å². The molecule has 0 radical (unpaired) electrons. The van der Waals surface area contributed by atoms with Crippen LogP contribution in [0.3, 0.4) is 0 Å². The highest BCUT2D eigenvalue weighted by molar-refractivity contribution is 6.32. The molecule has 28 heavy (non-hydrogen) atoms. The third-order valence-corrected chi connectivity index (χ3v) is 4.92. The van der Waals surface area contributed by atoms with Crippen molar-refractivity contribution in [2.75, 3.05) is 45.9 Å². The molecular weight excluding hydrogens is 374 g/mol. The lowest BCUT2D eigenvalue weighted by molar-refractivity contribution is 0.145. The second kappa shape index (κ2) is 10.7. The van der Waals surface area contributed by atoms with Crippen LogP contribution in [-0.2, 0) is 0 Å². The Hall–Kier alpha value is -2.50. The Morgan fingerprint density at radius 2 is 1.75 bits per heavy atom. The molecule has 0 spiro atoms. The monoisotopic (exact) mass is 399 g/mol. The SMILES string of the molecule is O=C(NCCOc1ccccc1Cl)N1CCN(C/C=C/c2ccccc2)CC1. The van der Waals surface area contributed by atoms with Crippen LogP contribution in [0.25, 0.3) is 6.08 Å². The lowest BCUT2D eigenvalue weighted by Gasteiger charge is -2.34. The lowest BCUT2D eigenvalue weighted by Crippen LogP contribution is -2.52. The highest BCUT2D eigenvalue weighted by Crippen LogP contribution is 2.22. The second-order valence-corrected chi connectivity index (χ2v) is 7.02. The van der Waals surface area contributed by atoms with Gasteiger partial charge in [0.05, 0.1) is 11.6 Å². The van der Waals surface area contributed by atoms with Crippen LogP contribution in [0.15, 0.2) is 60.7 Å². The molecule has 1 fully saturated rings. The van der Waals surface area contributed by atoms with E-state index >= 15 is 0 Å². The normalized spacial score (nSPS) is 15.0. The van der Waals surface area contributed by atoms with Gasteiger partial charge >= 0.3 is 6.03 Å². The number of ether oxygens (including phenoxy) is 1. The molecule has 0 bridgehead atoms. The van der Waals surface area contributed by atoms with Crippen LogP contribution < -0.4 is 10.1 Å². The number of nitrogens with one attached hydrogen (secondary N) is 1. The van der Waals surface area contributed by atoms with Crippen molar-refractivity contribution >= 4 is 23.7 Å². The number of nitrogens with zero attached hydrogens (tertiary/aromatic N) is 2. The number of benzene rings is 2. The fraction of sp³-hybridized carbons (Fsp3) is 0.318. The van der Waals surface area contributed by atoms with Crippen molar-refractivity contribution in [1.82, 2.24) is 15.1 Å². The van der Waals surface area contributed by atoms with Gasteiger partial charge in [0, 0.05) is 32.7 Å². The van der Waals surface area contributed by atoms with Gasteiger partial charge in [0.1, 0.15) is 12.4 Å². The standard InChI is InChI=1S/C22H26ClN3O2/c23-20-10-4-5-11-21(20)28-18-12-24-22(27)26-16-14-25(15-17-26)13-6-9-19-7-2-1-3-8-19/h1-11H,12-18H2,(H,24,27)/b9-6+. The molecule has 1 saturated heterocycles. The van der Waals surface area contributed by atoms with Gasteiger partial charge in [0.25, 0.3) is 0 Å². The third-order valence-electron chi connectivity index (χ3n) is 4.61. The maximum absolute atomic E-state index is 12.3.